The number of hydrogen-bond acceptors (Lipinski definition) is 5. The Morgan fingerprint density at radius 3 is 2.83 bits per heavy atom. The molecule has 0 aliphatic carbocycles. The molecule has 4 N–H and O–H groups in total. The van der Waals surface area contributed by atoms with Crippen molar-refractivity contribution in [3.63, 3.8) is 0 Å². The molecule has 0 fully saturated rings. The molecule has 1 amide bonds. The molecule has 6 heteroatoms. The Kier molecular flexibility index (Phi) is 2.45. The van der Waals surface area contributed by atoms with Crippen molar-refractivity contribution in [1.82, 2.24) is 4.98 Å². The molecule has 0 unspecified atom stereocenters. The number of hydrogen-bond donors (Lipinski definition) is 3. The number of phenols is 1. The zero-order valence-corrected chi connectivity index (χ0v) is 10.2. The first-order chi connectivity index (χ1) is 8.63. The highest BCUT2D eigenvalue weighted by molar-refractivity contribution is 7.16. The van der Waals surface area contributed by atoms with Gasteiger partial charge in [-0.15, -0.1) is 0 Å². The maximum absolute atomic E-state index is 11.6. The Bertz CT molecular complexity index is 606. The van der Waals surface area contributed by atoms with E-state index in [1.807, 2.05) is 12.1 Å². The van der Waals surface area contributed by atoms with Gasteiger partial charge in [-0.2, -0.15) is 0 Å². The fourth-order valence-electron chi connectivity index (χ4n) is 2.11. The van der Waals surface area contributed by atoms with Gasteiger partial charge in [0.1, 0.15) is 11.6 Å². The molecule has 0 spiro atoms. The molecule has 0 radical (unpaired) electrons. The Morgan fingerprint density at radius 1 is 1.39 bits per heavy atom. The van der Waals surface area contributed by atoms with Crippen LogP contribution in [0.3, 0.4) is 0 Å². The maximum Gasteiger partial charge on any atom is 0.226 e. The summed E-state index contributed by atoms with van der Waals surface area (Å²) < 4.78 is 0. The highest BCUT2D eigenvalue weighted by Crippen LogP contribution is 2.41. The number of phenolic OH excluding ortho intramolecular Hbond substituents is 1. The largest absolute Gasteiger partial charge is 0.508 e. The SMILES string of the molecule is Nc1nc2c(s1)[C@H](c1ccc(O)cc1)CC(=O)N2. The fraction of sp³-hybridized carbons (Fsp3) is 0.167. The quantitative estimate of drug-likeness (QED) is 0.731. The molecule has 1 atom stereocenters. The lowest BCUT2D eigenvalue weighted by molar-refractivity contribution is -0.116. The van der Waals surface area contributed by atoms with Crippen LogP contribution < -0.4 is 11.1 Å². The Hall–Kier alpha value is -2.08. The lowest BCUT2D eigenvalue weighted by Crippen LogP contribution is -2.22. The molecule has 2 aromatic rings. The Morgan fingerprint density at radius 2 is 2.11 bits per heavy atom. The van der Waals surface area contributed by atoms with Crippen LogP contribution in [0.2, 0.25) is 0 Å². The molecule has 1 aliphatic rings. The van der Waals surface area contributed by atoms with Gasteiger partial charge in [0.2, 0.25) is 5.91 Å². The number of carbonyl (C=O) groups excluding carboxylic acids is 1. The van der Waals surface area contributed by atoms with E-state index in [1.165, 1.54) is 11.3 Å². The first kappa shape index (κ1) is 11.0. The fourth-order valence-corrected chi connectivity index (χ4v) is 3.03. The summed E-state index contributed by atoms with van der Waals surface area (Å²) in [6, 6.07) is 6.87. The number of nitrogens with one attached hydrogen (secondary N) is 1. The molecule has 0 saturated carbocycles. The summed E-state index contributed by atoms with van der Waals surface area (Å²) in [6.45, 7) is 0. The van der Waals surface area contributed by atoms with Crippen molar-refractivity contribution in [2.45, 2.75) is 12.3 Å². The second kappa shape index (κ2) is 3.99. The zero-order chi connectivity index (χ0) is 12.7. The van der Waals surface area contributed by atoms with Gasteiger partial charge in [0.15, 0.2) is 5.13 Å². The predicted octanol–water partition coefficient (Wildman–Crippen LogP) is 1.90. The number of aromatic hydroxyl groups is 1. The number of thiazole rings is 1. The van der Waals surface area contributed by atoms with E-state index >= 15 is 0 Å². The van der Waals surface area contributed by atoms with Crippen LogP contribution in [0, 0.1) is 0 Å². The summed E-state index contributed by atoms with van der Waals surface area (Å²) >= 11 is 1.39. The van der Waals surface area contributed by atoms with Gasteiger partial charge in [-0.05, 0) is 17.7 Å². The summed E-state index contributed by atoms with van der Waals surface area (Å²) in [5, 5.41) is 12.5. The zero-order valence-electron chi connectivity index (χ0n) is 9.38. The van der Waals surface area contributed by atoms with Crippen LogP contribution in [-0.4, -0.2) is 16.0 Å². The van der Waals surface area contributed by atoms with Crippen LogP contribution in [0.4, 0.5) is 10.9 Å². The van der Waals surface area contributed by atoms with Gasteiger partial charge in [-0.1, -0.05) is 23.5 Å². The van der Waals surface area contributed by atoms with E-state index in [0.29, 0.717) is 17.4 Å². The minimum Gasteiger partial charge on any atom is -0.508 e. The average molecular weight is 261 g/mol. The van der Waals surface area contributed by atoms with Crippen molar-refractivity contribution in [3.05, 3.63) is 34.7 Å². The lowest BCUT2D eigenvalue weighted by atomic mass is 9.91. The van der Waals surface area contributed by atoms with Gasteiger partial charge >= 0.3 is 0 Å². The van der Waals surface area contributed by atoms with Crippen molar-refractivity contribution in [2.75, 3.05) is 11.1 Å². The average Bonchev–Trinajstić information content (AvgIpc) is 2.69. The molecule has 18 heavy (non-hydrogen) atoms. The minimum absolute atomic E-state index is 0.0378. The van der Waals surface area contributed by atoms with E-state index in [4.69, 9.17) is 5.73 Å². The van der Waals surface area contributed by atoms with Crippen molar-refractivity contribution < 1.29 is 9.90 Å². The number of rotatable bonds is 1. The summed E-state index contributed by atoms with van der Waals surface area (Å²) in [5.74, 6) is 0.671. The van der Waals surface area contributed by atoms with Crippen LogP contribution in [0.5, 0.6) is 5.75 Å². The number of nitrogen functional groups attached to an aromatic ring is 1. The number of anilines is 2. The van der Waals surface area contributed by atoms with Crippen LogP contribution in [0.1, 0.15) is 22.8 Å². The Balaban J connectivity index is 2.06. The van der Waals surface area contributed by atoms with Crippen LogP contribution in [0.25, 0.3) is 0 Å². The van der Waals surface area contributed by atoms with Crippen molar-refractivity contribution >= 4 is 28.2 Å². The number of fused-ring (bicyclic) bond motifs is 1. The van der Waals surface area contributed by atoms with Crippen molar-refractivity contribution in [3.8, 4) is 5.75 Å². The molecule has 1 aromatic carbocycles. The monoisotopic (exact) mass is 261 g/mol. The number of carbonyl (C=O) groups is 1. The smallest absolute Gasteiger partial charge is 0.226 e. The van der Waals surface area contributed by atoms with Gasteiger partial charge in [0, 0.05) is 12.3 Å². The molecule has 1 aromatic heterocycles. The van der Waals surface area contributed by atoms with Crippen LogP contribution >= 0.6 is 11.3 Å². The van der Waals surface area contributed by atoms with E-state index < -0.39 is 0 Å². The molecule has 5 nitrogen and oxygen atoms in total. The molecule has 1 aliphatic heterocycles. The summed E-state index contributed by atoms with van der Waals surface area (Å²) in [6.07, 6.45) is 0.374. The second-order valence-corrected chi connectivity index (χ2v) is 5.22. The third kappa shape index (κ3) is 1.80. The summed E-state index contributed by atoms with van der Waals surface area (Å²) in [5.41, 5.74) is 6.66. The number of aromatic nitrogens is 1. The standard InChI is InChI=1S/C12H11N3O2S/c13-12-15-11-10(18-12)8(5-9(17)14-11)6-1-3-7(16)4-2-6/h1-4,8,16H,5H2,(H2,13,15)(H,14,17)/t8-/m0/s1. The summed E-state index contributed by atoms with van der Waals surface area (Å²) in [7, 11) is 0. The van der Waals surface area contributed by atoms with E-state index in [2.05, 4.69) is 10.3 Å². The molecular weight excluding hydrogens is 250 g/mol. The molecular formula is C12H11N3O2S. The van der Waals surface area contributed by atoms with Crippen LogP contribution in [0.15, 0.2) is 24.3 Å². The molecule has 0 bridgehead atoms. The number of nitrogens with zero attached hydrogens (tertiary/aromatic N) is 1. The number of benzene rings is 1. The van der Waals surface area contributed by atoms with Crippen LogP contribution in [-0.2, 0) is 4.79 Å². The third-order valence-electron chi connectivity index (χ3n) is 2.93. The van der Waals surface area contributed by atoms with E-state index in [0.717, 1.165) is 10.4 Å². The first-order valence-electron chi connectivity index (χ1n) is 5.48. The van der Waals surface area contributed by atoms with Gasteiger partial charge in [-0.25, -0.2) is 4.98 Å². The first-order valence-corrected chi connectivity index (χ1v) is 6.30. The van der Waals surface area contributed by atoms with Gasteiger partial charge < -0.3 is 16.2 Å². The van der Waals surface area contributed by atoms with E-state index in [1.54, 1.807) is 12.1 Å². The van der Waals surface area contributed by atoms with Gasteiger partial charge in [-0.3, -0.25) is 4.79 Å². The van der Waals surface area contributed by atoms with Gasteiger partial charge in [0.25, 0.3) is 0 Å². The minimum atomic E-state index is -0.0640. The third-order valence-corrected chi connectivity index (χ3v) is 3.93. The lowest BCUT2D eigenvalue weighted by Gasteiger charge is -2.21. The molecule has 3 rings (SSSR count). The van der Waals surface area contributed by atoms with Crippen molar-refractivity contribution in [2.24, 2.45) is 0 Å². The van der Waals surface area contributed by atoms with Crippen molar-refractivity contribution in [1.29, 1.82) is 0 Å². The second-order valence-electron chi connectivity index (χ2n) is 4.16. The van der Waals surface area contributed by atoms with Gasteiger partial charge in [0.05, 0.1) is 4.88 Å². The normalized spacial score (nSPS) is 18.2. The number of amides is 1. The summed E-state index contributed by atoms with van der Waals surface area (Å²) in [4.78, 5) is 16.7. The predicted molar refractivity (Wildman–Crippen MR) is 69.7 cm³/mol. The van der Waals surface area contributed by atoms with E-state index in [-0.39, 0.29) is 17.6 Å². The Labute approximate surface area is 107 Å². The molecule has 2 heterocycles. The molecule has 0 saturated heterocycles. The molecule has 92 valence electrons. The van der Waals surface area contributed by atoms with E-state index in [9.17, 15) is 9.90 Å². The topological polar surface area (TPSA) is 88.2 Å². The maximum atomic E-state index is 11.6. The highest BCUT2D eigenvalue weighted by atomic mass is 32.1. The number of nitrogens with two attached hydrogens (primary N) is 1. The highest BCUT2D eigenvalue weighted by Gasteiger charge is 2.29.